The number of para-hydroxylation sites is 1. The summed E-state index contributed by atoms with van der Waals surface area (Å²) in [6, 6.07) is 8.09. The number of carbonyl (C=O) groups is 1. The van der Waals surface area contributed by atoms with Gasteiger partial charge in [0, 0.05) is 25.2 Å². The number of carbonyl (C=O) groups excluding carboxylic acids is 1. The molecule has 104 valence electrons. The molecule has 0 aliphatic heterocycles. The van der Waals surface area contributed by atoms with E-state index in [1.807, 2.05) is 36.2 Å². The number of benzene rings is 1. The van der Waals surface area contributed by atoms with Crippen molar-refractivity contribution in [2.75, 3.05) is 12.8 Å². The lowest BCUT2D eigenvalue weighted by Crippen LogP contribution is -2.40. The van der Waals surface area contributed by atoms with Crippen LogP contribution in [0.4, 0.5) is 5.69 Å². The van der Waals surface area contributed by atoms with Crippen molar-refractivity contribution in [2.24, 2.45) is 5.41 Å². The first-order valence-corrected chi connectivity index (χ1v) is 7.03. The van der Waals surface area contributed by atoms with Crippen LogP contribution < -0.4 is 5.73 Å². The van der Waals surface area contributed by atoms with Crippen LogP contribution in [0.1, 0.15) is 38.7 Å². The zero-order valence-electron chi connectivity index (χ0n) is 12.1. The molecule has 1 aromatic carbocycles. The molecule has 1 fully saturated rings. The molecule has 1 atom stereocenters. The molecule has 2 N–H and O–H groups in total. The summed E-state index contributed by atoms with van der Waals surface area (Å²) >= 11 is 0. The highest BCUT2D eigenvalue weighted by Crippen LogP contribution is 2.49. The third-order valence-corrected chi connectivity index (χ3v) is 4.68. The number of hydrogen-bond acceptors (Lipinski definition) is 2. The highest BCUT2D eigenvalue weighted by atomic mass is 16.2. The molecule has 0 saturated heterocycles. The van der Waals surface area contributed by atoms with Crippen molar-refractivity contribution >= 4 is 11.6 Å². The van der Waals surface area contributed by atoms with Crippen LogP contribution in [0.25, 0.3) is 0 Å². The summed E-state index contributed by atoms with van der Waals surface area (Å²) in [6.07, 6.45) is 3.72. The largest absolute Gasteiger partial charge is 0.399 e. The third-order valence-electron chi connectivity index (χ3n) is 4.68. The van der Waals surface area contributed by atoms with Crippen LogP contribution in [0.5, 0.6) is 0 Å². The van der Waals surface area contributed by atoms with Gasteiger partial charge in [0.05, 0.1) is 0 Å². The van der Waals surface area contributed by atoms with E-state index in [0.29, 0.717) is 17.9 Å². The van der Waals surface area contributed by atoms with Gasteiger partial charge in [0.15, 0.2) is 0 Å². The Morgan fingerprint density at radius 1 is 1.42 bits per heavy atom. The topological polar surface area (TPSA) is 46.3 Å². The third kappa shape index (κ3) is 3.09. The Morgan fingerprint density at radius 3 is 2.63 bits per heavy atom. The van der Waals surface area contributed by atoms with Crippen LogP contribution in [-0.4, -0.2) is 23.9 Å². The summed E-state index contributed by atoms with van der Waals surface area (Å²) in [5, 5.41) is 0. The van der Waals surface area contributed by atoms with Gasteiger partial charge in [-0.2, -0.15) is 0 Å². The molecule has 0 bridgehead atoms. The predicted molar refractivity (Wildman–Crippen MR) is 78.7 cm³/mol. The van der Waals surface area contributed by atoms with Gasteiger partial charge in [-0.15, -0.1) is 0 Å². The molecule has 1 saturated carbocycles. The maximum atomic E-state index is 12.2. The van der Waals surface area contributed by atoms with Crippen LogP contribution >= 0.6 is 0 Å². The zero-order valence-corrected chi connectivity index (χ0v) is 12.1. The quantitative estimate of drug-likeness (QED) is 0.827. The normalized spacial score (nSPS) is 17.8. The molecule has 0 heterocycles. The van der Waals surface area contributed by atoms with Crippen molar-refractivity contribution in [3.63, 3.8) is 0 Å². The van der Waals surface area contributed by atoms with E-state index in [1.54, 1.807) is 0 Å². The van der Waals surface area contributed by atoms with Gasteiger partial charge in [0.25, 0.3) is 0 Å². The summed E-state index contributed by atoms with van der Waals surface area (Å²) in [5.41, 5.74) is 8.08. The molecule has 0 radical (unpaired) electrons. The summed E-state index contributed by atoms with van der Waals surface area (Å²) in [5.74, 6) is 0.212. The van der Waals surface area contributed by atoms with E-state index >= 15 is 0 Å². The minimum atomic E-state index is 0.212. The highest BCUT2D eigenvalue weighted by molar-refractivity contribution is 5.76. The molecule has 1 aromatic rings. The van der Waals surface area contributed by atoms with Gasteiger partial charge >= 0.3 is 0 Å². The molecule has 3 nitrogen and oxygen atoms in total. The first-order chi connectivity index (χ1) is 8.94. The van der Waals surface area contributed by atoms with Crippen molar-refractivity contribution in [1.29, 1.82) is 0 Å². The maximum absolute atomic E-state index is 12.2. The zero-order chi connectivity index (χ0) is 14.0. The predicted octanol–water partition coefficient (Wildman–Crippen LogP) is 2.85. The van der Waals surface area contributed by atoms with Gasteiger partial charge in [-0.05, 0) is 43.2 Å². The molecule has 2 rings (SSSR count). The fourth-order valence-corrected chi connectivity index (χ4v) is 2.48. The summed E-state index contributed by atoms with van der Waals surface area (Å²) in [4.78, 5) is 14.1. The Labute approximate surface area is 115 Å². The Kier molecular flexibility index (Phi) is 3.83. The summed E-state index contributed by atoms with van der Waals surface area (Å²) in [6.45, 7) is 4.42. The Morgan fingerprint density at radius 2 is 2.05 bits per heavy atom. The van der Waals surface area contributed by atoms with Crippen molar-refractivity contribution in [1.82, 2.24) is 4.90 Å². The fraction of sp³-hybridized carbons (Fsp3) is 0.562. The SMILES string of the molecule is CC(N(C)C(=O)CCc1ccccc1N)C1(C)CC1. The lowest BCUT2D eigenvalue weighted by molar-refractivity contribution is -0.132. The minimum Gasteiger partial charge on any atom is -0.399 e. The molecule has 0 spiro atoms. The van der Waals surface area contributed by atoms with Crippen LogP contribution in [0.3, 0.4) is 0 Å². The molecule has 1 aliphatic rings. The van der Waals surface area contributed by atoms with Crippen LogP contribution in [0.2, 0.25) is 0 Å². The minimum absolute atomic E-state index is 0.212. The van der Waals surface area contributed by atoms with Crippen LogP contribution in [-0.2, 0) is 11.2 Å². The first-order valence-electron chi connectivity index (χ1n) is 7.03. The van der Waals surface area contributed by atoms with Crippen LogP contribution in [0.15, 0.2) is 24.3 Å². The van der Waals surface area contributed by atoms with Gasteiger partial charge in [0.1, 0.15) is 0 Å². The standard InChI is InChI=1S/C16H24N2O/c1-12(16(2)10-11-16)18(3)15(19)9-8-13-6-4-5-7-14(13)17/h4-7,12H,8-11,17H2,1-3H3. The van der Waals surface area contributed by atoms with Crippen molar-refractivity contribution < 1.29 is 4.79 Å². The number of anilines is 1. The molecular formula is C16H24N2O. The molecule has 1 unspecified atom stereocenters. The lowest BCUT2D eigenvalue weighted by Gasteiger charge is -2.30. The summed E-state index contributed by atoms with van der Waals surface area (Å²) < 4.78 is 0. The van der Waals surface area contributed by atoms with E-state index in [9.17, 15) is 4.79 Å². The van der Waals surface area contributed by atoms with E-state index < -0.39 is 0 Å². The van der Waals surface area contributed by atoms with E-state index in [0.717, 1.165) is 17.7 Å². The Hall–Kier alpha value is -1.51. The molecule has 3 heteroatoms. The van der Waals surface area contributed by atoms with E-state index in [1.165, 1.54) is 12.8 Å². The second-order valence-electron chi connectivity index (χ2n) is 6.03. The average molecular weight is 260 g/mol. The number of hydrogen-bond donors (Lipinski definition) is 1. The number of nitrogens with zero attached hydrogens (tertiary/aromatic N) is 1. The van der Waals surface area contributed by atoms with E-state index in [2.05, 4.69) is 13.8 Å². The van der Waals surface area contributed by atoms with E-state index in [4.69, 9.17) is 5.73 Å². The van der Waals surface area contributed by atoms with Crippen LogP contribution in [0, 0.1) is 5.41 Å². The molecule has 0 aromatic heterocycles. The van der Waals surface area contributed by atoms with Crippen molar-refractivity contribution in [2.45, 2.75) is 45.6 Å². The van der Waals surface area contributed by atoms with E-state index in [-0.39, 0.29) is 5.91 Å². The molecule has 1 amide bonds. The first kappa shape index (κ1) is 13.9. The number of nitrogens with two attached hydrogens (primary N) is 1. The molecule has 1 aliphatic carbocycles. The van der Waals surface area contributed by atoms with Gasteiger partial charge < -0.3 is 10.6 Å². The monoisotopic (exact) mass is 260 g/mol. The molecule has 19 heavy (non-hydrogen) atoms. The van der Waals surface area contributed by atoms with Gasteiger partial charge in [-0.25, -0.2) is 0 Å². The van der Waals surface area contributed by atoms with Gasteiger partial charge in [-0.1, -0.05) is 25.1 Å². The number of aryl methyl sites for hydroxylation is 1. The van der Waals surface area contributed by atoms with Gasteiger partial charge in [-0.3, -0.25) is 4.79 Å². The Balaban J connectivity index is 1.89. The number of rotatable bonds is 5. The molecular weight excluding hydrogens is 236 g/mol. The fourth-order valence-electron chi connectivity index (χ4n) is 2.48. The second-order valence-corrected chi connectivity index (χ2v) is 6.03. The van der Waals surface area contributed by atoms with Crippen molar-refractivity contribution in [3.05, 3.63) is 29.8 Å². The lowest BCUT2D eigenvalue weighted by atomic mass is 9.99. The second kappa shape index (κ2) is 5.24. The van der Waals surface area contributed by atoms with Gasteiger partial charge in [0.2, 0.25) is 5.91 Å². The summed E-state index contributed by atoms with van der Waals surface area (Å²) in [7, 11) is 1.92. The van der Waals surface area contributed by atoms with Crippen molar-refractivity contribution in [3.8, 4) is 0 Å². The number of amides is 1. The highest BCUT2D eigenvalue weighted by Gasteiger charge is 2.45. The smallest absolute Gasteiger partial charge is 0.222 e. The maximum Gasteiger partial charge on any atom is 0.222 e. The average Bonchev–Trinajstić information content (AvgIpc) is 3.15. The Bertz CT molecular complexity index is 466. The number of nitrogen functional groups attached to an aromatic ring is 1.